The minimum absolute atomic E-state index is 0.114. The van der Waals surface area contributed by atoms with E-state index < -0.39 is 29.2 Å². The summed E-state index contributed by atoms with van der Waals surface area (Å²) < 4.78 is 4.89. The maximum absolute atomic E-state index is 12.3. The van der Waals surface area contributed by atoms with Gasteiger partial charge in [-0.3, -0.25) is 14.5 Å². The number of benzene rings is 1. The van der Waals surface area contributed by atoms with Crippen molar-refractivity contribution in [3.8, 4) is 0 Å². The Morgan fingerprint density at radius 3 is 2.71 bits per heavy atom. The van der Waals surface area contributed by atoms with Gasteiger partial charge in [0.2, 0.25) is 11.9 Å². The number of alkyl halides is 1. The van der Waals surface area contributed by atoms with Crippen LogP contribution in [0.15, 0.2) is 24.3 Å². The molecule has 7 heteroatoms. The van der Waals surface area contributed by atoms with Gasteiger partial charge in [-0.05, 0) is 26.0 Å². The molecule has 2 amide bonds. The number of amides is 2. The second-order valence-corrected chi connectivity index (χ2v) is 5.14. The molecule has 0 aliphatic carbocycles. The van der Waals surface area contributed by atoms with Crippen LogP contribution in [0.3, 0.4) is 0 Å². The zero-order valence-electron chi connectivity index (χ0n) is 11.6. The number of esters is 1. The predicted octanol–water partition coefficient (Wildman–Crippen LogP) is 1.53. The lowest BCUT2D eigenvalue weighted by Gasteiger charge is -2.35. The number of rotatable bonds is 3. The number of hydrogen-bond acceptors (Lipinski definition) is 4. The van der Waals surface area contributed by atoms with Crippen molar-refractivity contribution in [3.05, 3.63) is 24.3 Å². The van der Waals surface area contributed by atoms with Crippen molar-refractivity contribution in [2.24, 2.45) is 0 Å². The van der Waals surface area contributed by atoms with Gasteiger partial charge in [0.25, 0.3) is 5.91 Å². The average Bonchev–Trinajstić information content (AvgIpc) is 2.45. The standard InChI is InChI=1S/C14H15ClN2O4/c1-3-21-14(20)11-12(18)16-9-6-4-5-7-10(9)17(11)13(19)8(2)15/h4-8,11H,3H2,1-2H3,(H,16,18). The summed E-state index contributed by atoms with van der Waals surface area (Å²) in [5.41, 5.74) is 0.876. The van der Waals surface area contributed by atoms with Crippen LogP contribution in [0.4, 0.5) is 11.4 Å². The van der Waals surface area contributed by atoms with E-state index in [2.05, 4.69) is 5.32 Å². The largest absolute Gasteiger partial charge is 0.464 e. The fourth-order valence-corrected chi connectivity index (χ4v) is 2.22. The van der Waals surface area contributed by atoms with Crippen LogP contribution in [0.5, 0.6) is 0 Å². The zero-order valence-corrected chi connectivity index (χ0v) is 12.4. The summed E-state index contributed by atoms with van der Waals surface area (Å²) >= 11 is 5.85. The number of ether oxygens (including phenoxy) is 1. The van der Waals surface area contributed by atoms with Crippen molar-refractivity contribution in [2.45, 2.75) is 25.3 Å². The van der Waals surface area contributed by atoms with Crippen LogP contribution in [-0.2, 0) is 19.1 Å². The molecule has 0 aromatic heterocycles. The molecule has 0 bridgehead atoms. The number of hydrogen-bond donors (Lipinski definition) is 1. The van der Waals surface area contributed by atoms with Crippen LogP contribution in [-0.4, -0.2) is 35.8 Å². The maximum Gasteiger partial charge on any atom is 0.339 e. The lowest BCUT2D eigenvalue weighted by molar-refractivity contribution is -0.148. The summed E-state index contributed by atoms with van der Waals surface area (Å²) in [5, 5.41) is 1.72. The van der Waals surface area contributed by atoms with Gasteiger partial charge >= 0.3 is 5.97 Å². The quantitative estimate of drug-likeness (QED) is 0.522. The second-order valence-electron chi connectivity index (χ2n) is 4.49. The van der Waals surface area contributed by atoms with Gasteiger partial charge in [-0.1, -0.05) is 12.1 Å². The molecule has 1 aliphatic rings. The summed E-state index contributed by atoms with van der Waals surface area (Å²) in [6.07, 6.45) is 0. The number of carbonyl (C=O) groups excluding carboxylic acids is 3. The third-order valence-electron chi connectivity index (χ3n) is 3.02. The van der Waals surface area contributed by atoms with Gasteiger partial charge in [0.05, 0.1) is 18.0 Å². The second kappa shape index (κ2) is 6.13. The Morgan fingerprint density at radius 2 is 2.10 bits per heavy atom. The number of halogens is 1. The van der Waals surface area contributed by atoms with Crippen LogP contribution >= 0.6 is 11.6 Å². The zero-order chi connectivity index (χ0) is 15.6. The average molecular weight is 311 g/mol. The minimum Gasteiger partial charge on any atom is -0.464 e. The van der Waals surface area contributed by atoms with E-state index >= 15 is 0 Å². The van der Waals surface area contributed by atoms with Crippen molar-refractivity contribution in [1.82, 2.24) is 0 Å². The van der Waals surface area contributed by atoms with Gasteiger partial charge < -0.3 is 10.1 Å². The number of carbonyl (C=O) groups is 3. The highest BCUT2D eigenvalue weighted by molar-refractivity contribution is 6.34. The van der Waals surface area contributed by atoms with Gasteiger partial charge in [-0.15, -0.1) is 11.6 Å². The first kappa shape index (κ1) is 15.3. The third-order valence-corrected chi connectivity index (χ3v) is 3.20. The predicted molar refractivity (Wildman–Crippen MR) is 78.3 cm³/mol. The van der Waals surface area contributed by atoms with Crippen molar-refractivity contribution < 1.29 is 19.1 Å². The Morgan fingerprint density at radius 1 is 1.43 bits per heavy atom. The fourth-order valence-electron chi connectivity index (χ4n) is 2.12. The third kappa shape index (κ3) is 2.85. The molecular formula is C14H15ClN2O4. The summed E-state index contributed by atoms with van der Waals surface area (Å²) in [7, 11) is 0. The molecule has 1 heterocycles. The van der Waals surface area contributed by atoms with E-state index in [9.17, 15) is 14.4 Å². The Labute approximate surface area is 127 Å². The molecule has 112 valence electrons. The molecular weight excluding hydrogens is 296 g/mol. The van der Waals surface area contributed by atoms with Crippen molar-refractivity contribution in [3.63, 3.8) is 0 Å². The molecule has 1 aromatic rings. The van der Waals surface area contributed by atoms with Gasteiger partial charge in [0.15, 0.2) is 0 Å². The molecule has 21 heavy (non-hydrogen) atoms. The normalized spacial score (nSPS) is 18.5. The number of nitrogens with one attached hydrogen (secondary N) is 1. The van der Waals surface area contributed by atoms with Gasteiger partial charge in [-0.2, -0.15) is 0 Å². The minimum atomic E-state index is -1.37. The summed E-state index contributed by atoms with van der Waals surface area (Å²) in [6.45, 7) is 3.23. The Bertz CT molecular complexity index is 588. The topological polar surface area (TPSA) is 75.7 Å². The molecule has 1 aliphatic heterocycles. The van der Waals surface area contributed by atoms with Gasteiger partial charge in [0.1, 0.15) is 5.38 Å². The molecule has 0 saturated carbocycles. The summed E-state index contributed by atoms with van der Waals surface area (Å²) in [6, 6.07) is 5.34. The van der Waals surface area contributed by atoms with Crippen LogP contribution in [0.25, 0.3) is 0 Å². The van der Waals surface area contributed by atoms with Crippen LogP contribution < -0.4 is 10.2 Å². The fraction of sp³-hybridized carbons (Fsp3) is 0.357. The van der Waals surface area contributed by atoms with Crippen LogP contribution in [0.1, 0.15) is 13.8 Å². The highest BCUT2D eigenvalue weighted by atomic mass is 35.5. The van der Waals surface area contributed by atoms with Gasteiger partial charge in [0, 0.05) is 0 Å². The first-order valence-corrected chi connectivity index (χ1v) is 6.94. The molecule has 0 spiro atoms. The number of anilines is 2. The Balaban J connectivity index is 2.51. The highest BCUT2D eigenvalue weighted by Gasteiger charge is 2.43. The van der Waals surface area contributed by atoms with Crippen molar-refractivity contribution in [1.29, 1.82) is 0 Å². The maximum atomic E-state index is 12.3. The summed E-state index contributed by atoms with van der Waals surface area (Å²) in [4.78, 5) is 37.6. The molecule has 6 nitrogen and oxygen atoms in total. The SMILES string of the molecule is CCOC(=O)C1C(=O)Nc2ccccc2N1C(=O)C(C)Cl. The smallest absolute Gasteiger partial charge is 0.339 e. The van der Waals surface area contributed by atoms with Crippen molar-refractivity contribution in [2.75, 3.05) is 16.8 Å². The van der Waals surface area contributed by atoms with E-state index in [0.717, 1.165) is 4.90 Å². The molecule has 2 rings (SSSR count). The van der Waals surface area contributed by atoms with Crippen molar-refractivity contribution >= 4 is 40.8 Å². The number of fused-ring (bicyclic) bond motifs is 1. The number of nitrogens with zero attached hydrogens (tertiary/aromatic N) is 1. The first-order chi connectivity index (χ1) is 9.97. The molecule has 2 atom stereocenters. The molecule has 0 radical (unpaired) electrons. The van der Waals surface area contributed by atoms with E-state index in [4.69, 9.17) is 16.3 Å². The van der Waals surface area contributed by atoms with E-state index in [1.165, 1.54) is 6.92 Å². The van der Waals surface area contributed by atoms with E-state index in [1.807, 2.05) is 0 Å². The highest BCUT2D eigenvalue weighted by Crippen LogP contribution is 2.33. The lowest BCUT2D eigenvalue weighted by atomic mass is 10.1. The Kier molecular flexibility index (Phi) is 4.47. The molecule has 1 aromatic carbocycles. The number of para-hydroxylation sites is 2. The molecule has 0 saturated heterocycles. The van der Waals surface area contributed by atoms with Crippen LogP contribution in [0.2, 0.25) is 0 Å². The van der Waals surface area contributed by atoms with E-state index in [-0.39, 0.29) is 6.61 Å². The first-order valence-electron chi connectivity index (χ1n) is 6.51. The monoisotopic (exact) mass is 310 g/mol. The van der Waals surface area contributed by atoms with Crippen LogP contribution in [0, 0.1) is 0 Å². The Hall–Kier alpha value is -2.08. The molecule has 1 N–H and O–H groups in total. The molecule has 0 fully saturated rings. The van der Waals surface area contributed by atoms with E-state index in [0.29, 0.717) is 11.4 Å². The lowest BCUT2D eigenvalue weighted by Crippen LogP contribution is -2.57. The molecule has 2 unspecified atom stereocenters. The van der Waals surface area contributed by atoms with E-state index in [1.54, 1.807) is 31.2 Å². The van der Waals surface area contributed by atoms with Gasteiger partial charge in [-0.25, -0.2) is 4.79 Å². The summed E-state index contributed by atoms with van der Waals surface area (Å²) in [5.74, 6) is -1.93.